The molecule has 1 heterocycles. The summed E-state index contributed by atoms with van der Waals surface area (Å²) < 4.78 is 32.2. The number of amidine groups is 1. The van der Waals surface area contributed by atoms with Crippen LogP contribution in [0.1, 0.15) is 12.0 Å². The number of hydrogen-bond acceptors (Lipinski definition) is 6. The first kappa shape index (κ1) is 23.1. The predicted molar refractivity (Wildman–Crippen MR) is 121 cm³/mol. The molecule has 1 fully saturated rings. The van der Waals surface area contributed by atoms with Crippen LogP contribution in [0, 0.1) is 11.6 Å². The highest BCUT2D eigenvalue weighted by molar-refractivity contribution is 8.15. The van der Waals surface area contributed by atoms with E-state index in [1.54, 1.807) is 30.3 Å². The molecule has 0 spiro atoms. The number of hydrogen-bond donors (Lipinski definition) is 1. The monoisotopic (exact) mass is 458 g/mol. The van der Waals surface area contributed by atoms with E-state index in [1.165, 1.54) is 13.3 Å². The molecule has 3 rings (SSSR count). The van der Waals surface area contributed by atoms with Gasteiger partial charge >= 0.3 is 0 Å². The van der Waals surface area contributed by atoms with Gasteiger partial charge in [0.1, 0.15) is 29.2 Å². The maximum atomic E-state index is 13.7. The molecule has 1 N–H and O–H groups in total. The molecule has 2 amide bonds. The molecule has 0 bridgehead atoms. The Labute approximate surface area is 187 Å². The molecule has 2 aromatic rings. The third-order valence-corrected chi connectivity index (χ3v) is 5.47. The van der Waals surface area contributed by atoms with Crippen LogP contribution in [-0.4, -0.2) is 47.1 Å². The van der Waals surface area contributed by atoms with Gasteiger partial charge in [0.2, 0.25) is 5.91 Å². The van der Waals surface area contributed by atoms with Gasteiger partial charge in [-0.15, -0.1) is 0 Å². The first-order valence-electron chi connectivity index (χ1n) is 9.51. The van der Waals surface area contributed by atoms with Crippen molar-refractivity contribution in [1.29, 1.82) is 0 Å². The van der Waals surface area contributed by atoms with E-state index in [0.29, 0.717) is 23.6 Å². The summed E-state index contributed by atoms with van der Waals surface area (Å²) in [4.78, 5) is 29.1. The standard InChI is InChI=1S/C22H20F2N4O3S/c1-3-10-31-16-7-4-14(5-8-16)13-26-28-21(30)19(32-22(28)25-2)12-20(29)27-18-9-6-15(23)11-17(18)24/h3-9,11,13,19H,1,10,12H2,2H3,(H,27,29)/b25-22?,26-13-/t19-/m0/s1. The lowest BCUT2D eigenvalue weighted by Crippen LogP contribution is -2.30. The van der Waals surface area contributed by atoms with E-state index in [0.717, 1.165) is 34.5 Å². The fourth-order valence-electron chi connectivity index (χ4n) is 2.73. The summed E-state index contributed by atoms with van der Waals surface area (Å²) in [6, 6.07) is 9.91. The lowest BCUT2D eigenvalue weighted by Gasteiger charge is -2.10. The van der Waals surface area contributed by atoms with Crippen molar-refractivity contribution in [3.8, 4) is 5.75 Å². The van der Waals surface area contributed by atoms with Gasteiger partial charge in [-0.2, -0.15) is 10.1 Å². The molecular weight excluding hydrogens is 438 g/mol. The van der Waals surface area contributed by atoms with Crippen LogP contribution in [0.2, 0.25) is 0 Å². The van der Waals surface area contributed by atoms with Crippen molar-refractivity contribution in [3.05, 3.63) is 72.3 Å². The molecule has 1 atom stereocenters. The van der Waals surface area contributed by atoms with Crippen molar-refractivity contribution in [2.45, 2.75) is 11.7 Å². The summed E-state index contributed by atoms with van der Waals surface area (Å²) >= 11 is 1.09. The third-order valence-electron chi connectivity index (χ3n) is 4.25. The van der Waals surface area contributed by atoms with E-state index in [1.807, 2.05) is 0 Å². The average Bonchev–Trinajstić information content (AvgIpc) is 3.07. The third kappa shape index (κ3) is 5.79. The van der Waals surface area contributed by atoms with Gasteiger partial charge < -0.3 is 10.1 Å². The number of nitrogens with zero attached hydrogens (tertiary/aromatic N) is 3. The SMILES string of the molecule is C=CCOc1ccc(/C=N\N2C(=O)[C@H](CC(=O)Nc3ccc(F)cc3F)SC2=NC)cc1. The van der Waals surface area contributed by atoms with Crippen LogP contribution in [-0.2, 0) is 9.59 Å². The van der Waals surface area contributed by atoms with Crippen molar-refractivity contribution in [2.24, 2.45) is 10.1 Å². The lowest BCUT2D eigenvalue weighted by molar-refractivity contribution is -0.128. The van der Waals surface area contributed by atoms with Gasteiger partial charge in [-0.1, -0.05) is 24.4 Å². The van der Waals surface area contributed by atoms with E-state index < -0.39 is 28.7 Å². The Balaban J connectivity index is 1.63. The van der Waals surface area contributed by atoms with Gasteiger partial charge in [0, 0.05) is 19.5 Å². The fraction of sp³-hybridized carbons (Fsp3) is 0.182. The highest BCUT2D eigenvalue weighted by atomic mass is 32.2. The molecule has 7 nitrogen and oxygen atoms in total. The summed E-state index contributed by atoms with van der Waals surface area (Å²) in [5.74, 6) is -1.98. The number of rotatable bonds is 8. The quantitative estimate of drug-likeness (QED) is 0.482. The smallest absolute Gasteiger partial charge is 0.263 e. The van der Waals surface area contributed by atoms with Crippen LogP contribution < -0.4 is 10.1 Å². The number of halogens is 2. The van der Waals surface area contributed by atoms with E-state index in [9.17, 15) is 18.4 Å². The summed E-state index contributed by atoms with van der Waals surface area (Å²) in [6.45, 7) is 3.98. The Morgan fingerprint density at radius 1 is 1.28 bits per heavy atom. The van der Waals surface area contributed by atoms with Crippen molar-refractivity contribution in [1.82, 2.24) is 5.01 Å². The van der Waals surface area contributed by atoms with E-state index >= 15 is 0 Å². The van der Waals surface area contributed by atoms with E-state index in [-0.39, 0.29) is 12.1 Å². The lowest BCUT2D eigenvalue weighted by atomic mass is 10.2. The van der Waals surface area contributed by atoms with Gasteiger partial charge in [0.05, 0.1) is 11.9 Å². The Morgan fingerprint density at radius 2 is 2.03 bits per heavy atom. The minimum atomic E-state index is -0.897. The Morgan fingerprint density at radius 3 is 2.69 bits per heavy atom. The summed E-state index contributed by atoms with van der Waals surface area (Å²) in [5, 5.41) is 7.24. The van der Waals surface area contributed by atoms with Gasteiger partial charge in [-0.25, -0.2) is 8.78 Å². The number of aliphatic imine (C=N–C) groups is 1. The molecule has 1 aliphatic rings. The second-order valence-electron chi connectivity index (χ2n) is 6.55. The van der Waals surface area contributed by atoms with Crippen molar-refractivity contribution >= 4 is 40.6 Å². The van der Waals surface area contributed by atoms with Crippen LogP contribution in [0.15, 0.2) is 65.2 Å². The Hall–Kier alpha value is -3.53. The highest BCUT2D eigenvalue weighted by Gasteiger charge is 2.39. The number of anilines is 1. The maximum Gasteiger partial charge on any atom is 0.263 e. The van der Waals surface area contributed by atoms with Crippen molar-refractivity contribution in [2.75, 3.05) is 19.0 Å². The molecule has 166 valence electrons. The van der Waals surface area contributed by atoms with Crippen LogP contribution >= 0.6 is 11.8 Å². The number of carbonyl (C=O) groups excluding carboxylic acids is 2. The minimum absolute atomic E-state index is 0.161. The number of carbonyl (C=O) groups is 2. The predicted octanol–water partition coefficient (Wildman–Crippen LogP) is 3.82. The van der Waals surface area contributed by atoms with Crippen LogP contribution in [0.3, 0.4) is 0 Å². The van der Waals surface area contributed by atoms with Crippen LogP contribution in [0.5, 0.6) is 5.75 Å². The fourth-order valence-corrected chi connectivity index (χ4v) is 3.76. The van der Waals surface area contributed by atoms with Gasteiger partial charge in [0.15, 0.2) is 5.17 Å². The summed E-state index contributed by atoms with van der Waals surface area (Å²) in [7, 11) is 1.51. The molecule has 1 aliphatic heterocycles. The molecule has 0 aromatic heterocycles. The number of amides is 2. The number of ether oxygens (including phenoxy) is 1. The first-order valence-corrected chi connectivity index (χ1v) is 10.4. The van der Waals surface area contributed by atoms with E-state index in [2.05, 4.69) is 22.0 Å². The molecule has 2 aromatic carbocycles. The molecule has 0 unspecified atom stereocenters. The summed E-state index contributed by atoms with van der Waals surface area (Å²) in [6.07, 6.45) is 2.92. The largest absolute Gasteiger partial charge is 0.490 e. The zero-order chi connectivity index (χ0) is 23.1. The highest BCUT2D eigenvalue weighted by Crippen LogP contribution is 2.30. The minimum Gasteiger partial charge on any atom is -0.490 e. The molecule has 0 aliphatic carbocycles. The van der Waals surface area contributed by atoms with Gasteiger partial charge in [-0.05, 0) is 42.0 Å². The molecule has 0 saturated carbocycles. The maximum absolute atomic E-state index is 13.7. The second kappa shape index (κ2) is 10.7. The number of thioether (sulfide) groups is 1. The molecular formula is C22H20F2N4O3S. The Bertz CT molecular complexity index is 1070. The molecule has 0 radical (unpaired) electrons. The number of nitrogens with one attached hydrogen (secondary N) is 1. The zero-order valence-electron chi connectivity index (χ0n) is 17.1. The second-order valence-corrected chi connectivity index (χ2v) is 7.72. The normalized spacial score (nSPS) is 17.2. The topological polar surface area (TPSA) is 83.4 Å². The summed E-state index contributed by atoms with van der Waals surface area (Å²) in [5.41, 5.74) is 0.573. The average molecular weight is 458 g/mol. The van der Waals surface area contributed by atoms with Crippen LogP contribution in [0.4, 0.5) is 14.5 Å². The Kier molecular flexibility index (Phi) is 7.72. The molecule has 32 heavy (non-hydrogen) atoms. The van der Waals surface area contributed by atoms with Gasteiger partial charge in [-0.3, -0.25) is 14.6 Å². The van der Waals surface area contributed by atoms with E-state index in [4.69, 9.17) is 4.74 Å². The number of benzene rings is 2. The van der Waals surface area contributed by atoms with Crippen molar-refractivity contribution < 1.29 is 23.1 Å². The number of hydrazone groups is 1. The first-order chi connectivity index (χ1) is 15.4. The molecule has 1 saturated heterocycles. The zero-order valence-corrected chi connectivity index (χ0v) is 17.9. The van der Waals surface area contributed by atoms with Gasteiger partial charge in [0.25, 0.3) is 5.91 Å². The van der Waals surface area contributed by atoms with Crippen LogP contribution in [0.25, 0.3) is 0 Å². The van der Waals surface area contributed by atoms with Crippen molar-refractivity contribution in [3.63, 3.8) is 0 Å². The molecule has 10 heteroatoms.